The van der Waals surface area contributed by atoms with E-state index in [1.807, 2.05) is 48.5 Å². The van der Waals surface area contributed by atoms with Gasteiger partial charge in [0.15, 0.2) is 0 Å². The van der Waals surface area contributed by atoms with Crippen LogP contribution in [0, 0.1) is 0 Å². The third-order valence-electron chi connectivity index (χ3n) is 4.93. The Hall–Kier alpha value is -3.41. The molecule has 4 rings (SSSR count). The number of aromatic nitrogens is 1. The fourth-order valence-electron chi connectivity index (χ4n) is 3.48. The fraction of sp³-hybridized carbons (Fsp3) is 0.227. The fourth-order valence-corrected chi connectivity index (χ4v) is 3.48. The van der Waals surface area contributed by atoms with Gasteiger partial charge in [-0.3, -0.25) is 14.6 Å². The van der Waals surface area contributed by atoms with E-state index in [0.29, 0.717) is 16.9 Å². The van der Waals surface area contributed by atoms with Crippen molar-refractivity contribution in [3.63, 3.8) is 0 Å². The van der Waals surface area contributed by atoms with E-state index in [1.165, 1.54) is 19.3 Å². The highest BCUT2D eigenvalue weighted by Crippen LogP contribution is 2.22. The molecule has 2 heterocycles. The summed E-state index contributed by atoms with van der Waals surface area (Å²) in [5.41, 5.74) is 2.90. The molecule has 142 valence electrons. The second kappa shape index (κ2) is 8.08. The lowest BCUT2D eigenvalue weighted by atomic mass is 10.1. The van der Waals surface area contributed by atoms with Gasteiger partial charge in [0, 0.05) is 36.0 Å². The number of rotatable bonds is 3. The van der Waals surface area contributed by atoms with Gasteiger partial charge in [-0.25, -0.2) is 0 Å². The lowest BCUT2D eigenvalue weighted by Gasteiger charge is -2.28. The quantitative estimate of drug-likeness (QED) is 0.684. The summed E-state index contributed by atoms with van der Waals surface area (Å²) in [6.45, 7) is 2.13. The van der Waals surface area contributed by atoms with E-state index in [9.17, 15) is 9.59 Å². The first-order valence-corrected chi connectivity index (χ1v) is 9.52. The molecule has 0 bridgehead atoms. The molecule has 0 spiro atoms. The highest BCUT2D eigenvalue weighted by atomic mass is 16.2. The van der Waals surface area contributed by atoms with Crippen LogP contribution in [-0.4, -0.2) is 29.9 Å². The molecule has 2 aromatic carbocycles. The Morgan fingerprint density at radius 1 is 0.821 bits per heavy atom. The Morgan fingerprint density at radius 2 is 1.54 bits per heavy atom. The standard InChI is InChI=1S/C22H22N4O2/c27-21(22(28)25-19-8-4-6-16-7-5-13-23-20(16)19)24-17-9-11-18(12-10-17)26-14-2-1-3-15-26/h4-13H,1-3,14-15H2,(H,24,27)(H,25,28). The lowest BCUT2D eigenvalue weighted by molar-refractivity contribution is -0.132. The molecule has 0 unspecified atom stereocenters. The van der Waals surface area contributed by atoms with Gasteiger partial charge in [-0.2, -0.15) is 0 Å². The number of nitrogens with zero attached hydrogens (tertiary/aromatic N) is 2. The van der Waals surface area contributed by atoms with Crippen LogP contribution in [-0.2, 0) is 9.59 Å². The van der Waals surface area contributed by atoms with Crippen molar-refractivity contribution in [1.82, 2.24) is 4.98 Å². The predicted molar refractivity (Wildman–Crippen MR) is 112 cm³/mol. The molecule has 6 nitrogen and oxygen atoms in total. The molecule has 6 heteroatoms. The number of fused-ring (bicyclic) bond motifs is 1. The second-order valence-corrected chi connectivity index (χ2v) is 6.88. The lowest BCUT2D eigenvalue weighted by Crippen LogP contribution is -2.30. The molecule has 1 saturated heterocycles. The van der Waals surface area contributed by atoms with Gasteiger partial charge in [0.05, 0.1) is 11.2 Å². The average Bonchev–Trinajstić information content (AvgIpc) is 2.75. The third-order valence-corrected chi connectivity index (χ3v) is 4.93. The van der Waals surface area contributed by atoms with E-state index in [0.717, 1.165) is 24.2 Å². The van der Waals surface area contributed by atoms with Crippen LogP contribution in [0.3, 0.4) is 0 Å². The molecule has 3 aromatic rings. The smallest absolute Gasteiger partial charge is 0.314 e. The number of carbonyl (C=O) groups excluding carboxylic acids is 2. The maximum Gasteiger partial charge on any atom is 0.314 e. The molecule has 2 amide bonds. The summed E-state index contributed by atoms with van der Waals surface area (Å²) >= 11 is 0. The minimum absolute atomic E-state index is 0.513. The van der Waals surface area contributed by atoms with Gasteiger partial charge in [0.25, 0.3) is 0 Å². The van der Waals surface area contributed by atoms with Crippen molar-refractivity contribution in [3.8, 4) is 0 Å². The Bertz CT molecular complexity index is 990. The van der Waals surface area contributed by atoms with Gasteiger partial charge in [-0.15, -0.1) is 0 Å². The molecule has 1 aromatic heterocycles. The zero-order valence-corrected chi connectivity index (χ0v) is 15.5. The minimum Gasteiger partial charge on any atom is -0.372 e. The van der Waals surface area contributed by atoms with Crippen LogP contribution in [0.15, 0.2) is 60.8 Å². The number of nitrogens with one attached hydrogen (secondary N) is 2. The summed E-state index contributed by atoms with van der Waals surface area (Å²) in [7, 11) is 0. The monoisotopic (exact) mass is 374 g/mol. The van der Waals surface area contributed by atoms with Crippen molar-refractivity contribution in [2.24, 2.45) is 0 Å². The number of pyridine rings is 1. The van der Waals surface area contributed by atoms with Crippen molar-refractivity contribution < 1.29 is 9.59 Å². The Balaban J connectivity index is 1.41. The molecule has 0 atom stereocenters. The van der Waals surface area contributed by atoms with Crippen LogP contribution in [0.25, 0.3) is 10.9 Å². The van der Waals surface area contributed by atoms with Crippen LogP contribution in [0.2, 0.25) is 0 Å². The van der Waals surface area contributed by atoms with E-state index in [-0.39, 0.29) is 0 Å². The number of para-hydroxylation sites is 1. The van der Waals surface area contributed by atoms with Crippen molar-refractivity contribution in [2.45, 2.75) is 19.3 Å². The Labute approximate surface area is 163 Å². The highest BCUT2D eigenvalue weighted by Gasteiger charge is 2.16. The summed E-state index contributed by atoms with van der Waals surface area (Å²) < 4.78 is 0. The number of benzene rings is 2. The van der Waals surface area contributed by atoms with Gasteiger partial charge in [-0.1, -0.05) is 18.2 Å². The summed E-state index contributed by atoms with van der Waals surface area (Å²) in [4.78, 5) is 31.2. The van der Waals surface area contributed by atoms with Gasteiger partial charge in [0.1, 0.15) is 0 Å². The van der Waals surface area contributed by atoms with Crippen LogP contribution in [0.1, 0.15) is 19.3 Å². The average molecular weight is 374 g/mol. The maximum absolute atomic E-state index is 12.3. The van der Waals surface area contributed by atoms with Gasteiger partial charge in [-0.05, 0) is 55.7 Å². The van der Waals surface area contributed by atoms with Crippen LogP contribution >= 0.6 is 0 Å². The second-order valence-electron chi connectivity index (χ2n) is 6.88. The van der Waals surface area contributed by atoms with E-state index in [1.54, 1.807) is 12.3 Å². The molecule has 28 heavy (non-hydrogen) atoms. The third kappa shape index (κ3) is 3.96. The number of anilines is 3. The van der Waals surface area contributed by atoms with E-state index < -0.39 is 11.8 Å². The number of hydrogen-bond acceptors (Lipinski definition) is 4. The van der Waals surface area contributed by atoms with Crippen molar-refractivity contribution in [1.29, 1.82) is 0 Å². The van der Waals surface area contributed by atoms with E-state index in [2.05, 4.69) is 20.5 Å². The van der Waals surface area contributed by atoms with Crippen molar-refractivity contribution >= 4 is 39.8 Å². The highest BCUT2D eigenvalue weighted by molar-refractivity contribution is 6.44. The Kier molecular flexibility index (Phi) is 5.19. The van der Waals surface area contributed by atoms with Gasteiger partial charge >= 0.3 is 11.8 Å². The topological polar surface area (TPSA) is 74.3 Å². The normalized spacial score (nSPS) is 13.9. The zero-order chi connectivity index (χ0) is 19.3. The molecule has 0 saturated carbocycles. The first-order valence-electron chi connectivity index (χ1n) is 9.52. The summed E-state index contributed by atoms with van der Waals surface area (Å²) in [5.74, 6) is -1.43. The van der Waals surface area contributed by atoms with Gasteiger partial charge in [0.2, 0.25) is 0 Å². The molecule has 1 aliphatic rings. The molecular formula is C22H22N4O2. The summed E-state index contributed by atoms with van der Waals surface area (Å²) in [6, 6.07) is 16.8. The van der Waals surface area contributed by atoms with Crippen molar-refractivity contribution in [2.75, 3.05) is 28.6 Å². The molecule has 0 radical (unpaired) electrons. The van der Waals surface area contributed by atoms with Crippen LogP contribution < -0.4 is 15.5 Å². The maximum atomic E-state index is 12.3. The summed E-state index contributed by atoms with van der Waals surface area (Å²) in [6.07, 6.45) is 5.36. The zero-order valence-electron chi connectivity index (χ0n) is 15.5. The van der Waals surface area contributed by atoms with Crippen LogP contribution in [0.5, 0.6) is 0 Å². The van der Waals surface area contributed by atoms with Crippen molar-refractivity contribution in [3.05, 3.63) is 60.8 Å². The van der Waals surface area contributed by atoms with E-state index in [4.69, 9.17) is 0 Å². The first-order chi connectivity index (χ1) is 13.7. The Morgan fingerprint density at radius 3 is 2.32 bits per heavy atom. The van der Waals surface area contributed by atoms with Gasteiger partial charge < -0.3 is 15.5 Å². The number of carbonyl (C=O) groups is 2. The first kappa shape index (κ1) is 18.0. The minimum atomic E-state index is -0.724. The summed E-state index contributed by atoms with van der Waals surface area (Å²) in [5, 5.41) is 6.19. The predicted octanol–water partition coefficient (Wildman–Crippen LogP) is 3.80. The molecule has 0 aliphatic carbocycles. The van der Waals surface area contributed by atoms with Crippen LogP contribution in [0.4, 0.5) is 17.1 Å². The molecule has 2 N–H and O–H groups in total. The number of hydrogen-bond donors (Lipinski definition) is 2. The molecular weight excluding hydrogens is 352 g/mol. The SMILES string of the molecule is O=C(Nc1ccc(N2CCCCC2)cc1)C(=O)Nc1cccc2cccnc12. The molecule has 1 aliphatic heterocycles. The number of amides is 2. The largest absolute Gasteiger partial charge is 0.372 e. The molecule has 1 fully saturated rings. The number of piperidine rings is 1. The van der Waals surface area contributed by atoms with E-state index >= 15 is 0 Å².